The van der Waals surface area contributed by atoms with Crippen LogP contribution in [-0.4, -0.2) is 28.0 Å². The molecule has 0 aliphatic carbocycles. The summed E-state index contributed by atoms with van der Waals surface area (Å²) in [5, 5.41) is 13.2. The minimum atomic E-state index is -1.02. The fourth-order valence-electron chi connectivity index (χ4n) is 3.63. The van der Waals surface area contributed by atoms with Gasteiger partial charge in [-0.15, -0.1) is 0 Å². The van der Waals surface area contributed by atoms with Crippen molar-refractivity contribution >= 4 is 22.8 Å². The number of aromatic amines is 1. The number of aromatic nitrogens is 1. The number of carboxylic acids is 1. The summed E-state index contributed by atoms with van der Waals surface area (Å²) in [5.74, 6) is -1.23. The molecule has 1 aromatic heterocycles. The second kappa shape index (κ2) is 16.3. The predicted molar refractivity (Wildman–Crippen MR) is 141 cm³/mol. The van der Waals surface area contributed by atoms with Crippen molar-refractivity contribution in [1.82, 2.24) is 10.3 Å². The molecule has 0 unspecified atom stereocenters. The van der Waals surface area contributed by atoms with Crippen molar-refractivity contribution in [2.45, 2.75) is 70.8 Å². The number of amides is 1. The molecule has 2 aromatic rings. The number of H-pyrrole nitrogens is 1. The molecule has 34 heavy (non-hydrogen) atoms. The zero-order chi connectivity index (χ0) is 24.4. The van der Waals surface area contributed by atoms with Crippen molar-refractivity contribution in [3.63, 3.8) is 0 Å². The van der Waals surface area contributed by atoms with E-state index in [1.165, 1.54) is 0 Å². The third kappa shape index (κ3) is 10.5. The highest BCUT2D eigenvalue weighted by Crippen LogP contribution is 2.19. The van der Waals surface area contributed by atoms with Crippen LogP contribution >= 0.6 is 0 Å². The monoisotopic (exact) mass is 462 g/mol. The molecule has 0 aliphatic rings. The van der Waals surface area contributed by atoms with Crippen LogP contribution in [0.5, 0.6) is 0 Å². The van der Waals surface area contributed by atoms with E-state index in [4.69, 9.17) is 0 Å². The van der Waals surface area contributed by atoms with E-state index in [0.29, 0.717) is 6.42 Å². The van der Waals surface area contributed by atoms with Crippen molar-refractivity contribution in [2.24, 2.45) is 0 Å². The number of fused-ring (bicyclic) bond motifs is 1. The van der Waals surface area contributed by atoms with Gasteiger partial charge in [0, 0.05) is 29.9 Å². The molecular weight excluding hydrogens is 424 g/mol. The number of carboxylic acid groups (broad SMARTS) is 1. The second-order valence-electron chi connectivity index (χ2n) is 8.27. The lowest BCUT2D eigenvalue weighted by Crippen LogP contribution is -2.42. The molecule has 5 nitrogen and oxygen atoms in total. The number of rotatable bonds is 16. The summed E-state index contributed by atoms with van der Waals surface area (Å²) in [6.45, 7) is 2.14. The number of hydrogen-bond donors (Lipinski definition) is 3. The third-order valence-electron chi connectivity index (χ3n) is 5.48. The molecule has 1 aromatic carbocycles. The zero-order valence-corrected chi connectivity index (χ0v) is 20.2. The Morgan fingerprint density at radius 3 is 2.26 bits per heavy atom. The van der Waals surface area contributed by atoms with Gasteiger partial charge in [-0.1, -0.05) is 73.7 Å². The number of benzene rings is 1. The van der Waals surface area contributed by atoms with Crippen LogP contribution in [0.15, 0.2) is 79.1 Å². The number of nitrogens with one attached hydrogen (secondary N) is 2. The van der Waals surface area contributed by atoms with Crippen molar-refractivity contribution in [2.75, 3.05) is 0 Å². The van der Waals surface area contributed by atoms with Crippen LogP contribution in [0.4, 0.5) is 0 Å². The van der Waals surface area contributed by atoms with Crippen molar-refractivity contribution in [1.29, 1.82) is 0 Å². The number of hydrogen-bond acceptors (Lipinski definition) is 2. The van der Waals surface area contributed by atoms with Gasteiger partial charge in [0.2, 0.25) is 5.91 Å². The van der Waals surface area contributed by atoms with E-state index in [9.17, 15) is 14.7 Å². The van der Waals surface area contributed by atoms with Gasteiger partial charge in [0.25, 0.3) is 0 Å². The summed E-state index contributed by atoms with van der Waals surface area (Å²) in [4.78, 5) is 27.1. The van der Waals surface area contributed by atoms with E-state index < -0.39 is 12.0 Å². The molecule has 0 bridgehead atoms. The van der Waals surface area contributed by atoms with Crippen molar-refractivity contribution < 1.29 is 14.7 Å². The van der Waals surface area contributed by atoms with Crippen molar-refractivity contribution in [3.8, 4) is 0 Å². The van der Waals surface area contributed by atoms with E-state index in [1.54, 1.807) is 0 Å². The smallest absolute Gasteiger partial charge is 0.326 e. The minimum Gasteiger partial charge on any atom is -0.480 e. The fourth-order valence-corrected chi connectivity index (χ4v) is 3.63. The molecule has 1 heterocycles. The molecular formula is C29H38N2O3. The minimum absolute atomic E-state index is 0.211. The van der Waals surface area contributed by atoms with Gasteiger partial charge in [0.15, 0.2) is 0 Å². The van der Waals surface area contributed by atoms with E-state index in [1.807, 2.05) is 30.5 Å². The van der Waals surface area contributed by atoms with Gasteiger partial charge in [-0.25, -0.2) is 4.79 Å². The van der Waals surface area contributed by atoms with E-state index in [0.717, 1.165) is 61.4 Å². The first kappa shape index (κ1) is 26.9. The Balaban J connectivity index is 1.59. The quantitative estimate of drug-likeness (QED) is 0.193. The van der Waals surface area contributed by atoms with Gasteiger partial charge < -0.3 is 15.4 Å². The number of carbonyl (C=O) groups is 2. The summed E-state index contributed by atoms with van der Waals surface area (Å²) >= 11 is 0. The number of carbonyl (C=O) groups excluding carboxylic acids is 1. The van der Waals surface area contributed by atoms with Crippen LogP contribution in [0.1, 0.15) is 63.9 Å². The molecule has 5 heteroatoms. The highest BCUT2D eigenvalue weighted by molar-refractivity contribution is 5.86. The molecule has 0 radical (unpaired) electrons. The third-order valence-corrected chi connectivity index (χ3v) is 5.48. The summed E-state index contributed by atoms with van der Waals surface area (Å²) in [5.41, 5.74) is 1.85. The maximum absolute atomic E-state index is 12.3. The standard InChI is InChI=1S/C29H38N2O3/c1-2-3-4-5-6-7-8-9-10-11-12-13-14-15-16-21-28(32)31-27(29(33)34)22-24-23-30-26-20-18-17-19-25(24)26/h3-4,6-7,9-10,12-13,17-20,23,27,30H,2,5,8,11,14-16,21-22H2,1H3,(H,31,32)(H,33,34)/b4-3-,7-6-,10-9-,13-12-/t27-/m0/s1. The van der Waals surface area contributed by atoms with E-state index in [2.05, 4.69) is 65.8 Å². The Bertz CT molecular complexity index is 998. The maximum Gasteiger partial charge on any atom is 0.326 e. The predicted octanol–water partition coefficient (Wildman–Crippen LogP) is 6.65. The Morgan fingerprint density at radius 2 is 1.59 bits per heavy atom. The summed E-state index contributed by atoms with van der Waals surface area (Å²) < 4.78 is 0. The average Bonchev–Trinajstić information content (AvgIpc) is 3.24. The molecule has 1 amide bonds. The van der Waals surface area contributed by atoms with Crippen LogP contribution in [-0.2, 0) is 16.0 Å². The molecule has 0 aliphatic heterocycles. The van der Waals surface area contributed by atoms with Gasteiger partial charge in [0.1, 0.15) is 6.04 Å². The van der Waals surface area contributed by atoms with E-state index in [-0.39, 0.29) is 12.3 Å². The van der Waals surface area contributed by atoms with Crippen LogP contribution in [0.25, 0.3) is 10.9 Å². The molecule has 0 spiro atoms. The number of aliphatic carboxylic acids is 1. The molecule has 3 N–H and O–H groups in total. The van der Waals surface area contributed by atoms with Gasteiger partial charge in [0.05, 0.1) is 0 Å². The first-order valence-corrected chi connectivity index (χ1v) is 12.3. The molecule has 1 atom stereocenters. The number of para-hydroxylation sites is 1. The van der Waals surface area contributed by atoms with Gasteiger partial charge >= 0.3 is 5.97 Å². The lowest BCUT2D eigenvalue weighted by Gasteiger charge is -2.14. The largest absolute Gasteiger partial charge is 0.480 e. The first-order chi connectivity index (χ1) is 16.6. The van der Waals surface area contributed by atoms with Gasteiger partial charge in [-0.05, 0) is 56.6 Å². The zero-order valence-electron chi connectivity index (χ0n) is 20.2. The van der Waals surface area contributed by atoms with Gasteiger partial charge in [-0.2, -0.15) is 0 Å². The summed E-state index contributed by atoms with van der Waals surface area (Å²) in [7, 11) is 0. The highest BCUT2D eigenvalue weighted by atomic mass is 16.4. The Labute approximate surface area is 203 Å². The Hall–Kier alpha value is -3.34. The van der Waals surface area contributed by atoms with Crippen molar-refractivity contribution in [3.05, 3.63) is 84.6 Å². The lowest BCUT2D eigenvalue weighted by atomic mass is 10.0. The summed E-state index contributed by atoms with van der Waals surface area (Å²) in [6, 6.07) is 6.82. The molecule has 0 saturated heterocycles. The van der Waals surface area contributed by atoms with Crippen LogP contribution in [0.2, 0.25) is 0 Å². The molecule has 182 valence electrons. The Morgan fingerprint density at radius 1 is 0.941 bits per heavy atom. The van der Waals surface area contributed by atoms with Crippen LogP contribution in [0.3, 0.4) is 0 Å². The topological polar surface area (TPSA) is 82.2 Å². The van der Waals surface area contributed by atoms with Crippen LogP contribution in [0, 0.1) is 0 Å². The second-order valence-corrected chi connectivity index (χ2v) is 8.27. The van der Waals surface area contributed by atoms with Crippen LogP contribution < -0.4 is 5.32 Å². The fraction of sp³-hybridized carbons (Fsp3) is 0.379. The Kier molecular flexibility index (Phi) is 12.9. The molecule has 0 fully saturated rings. The lowest BCUT2D eigenvalue weighted by molar-refractivity contribution is -0.141. The SMILES string of the molecule is CC/C=C\C/C=C\C/C=C\C/C=C\CCCCC(=O)N[C@@H](Cc1c[nH]c2ccccc12)C(=O)O. The van der Waals surface area contributed by atoms with E-state index >= 15 is 0 Å². The summed E-state index contributed by atoms with van der Waals surface area (Å²) in [6.07, 6.45) is 26.3. The average molecular weight is 463 g/mol. The molecule has 2 rings (SSSR count). The molecule has 0 saturated carbocycles. The first-order valence-electron chi connectivity index (χ1n) is 12.3. The number of allylic oxidation sites excluding steroid dienone is 8. The maximum atomic E-state index is 12.3. The normalized spacial score (nSPS) is 13.1. The van der Waals surface area contributed by atoms with Gasteiger partial charge in [-0.3, -0.25) is 4.79 Å². The highest BCUT2D eigenvalue weighted by Gasteiger charge is 2.21. The number of unbranched alkanes of at least 4 members (excludes halogenated alkanes) is 2.